The Balaban J connectivity index is 2.54. The van der Waals surface area contributed by atoms with Crippen LogP contribution in [0.25, 0.3) is 0 Å². The number of benzene rings is 1. The van der Waals surface area contributed by atoms with Crippen molar-refractivity contribution < 1.29 is 12.9 Å². The maximum atomic E-state index is 10.1. The number of hydrogen-bond acceptors (Lipinski definition) is 3. The molecule has 3 nitrogen and oxygen atoms in total. The lowest BCUT2D eigenvalue weighted by Crippen LogP contribution is -1.95. The van der Waals surface area contributed by atoms with Crippen LogP contribution in [0.15, 0.2) is 24.3 Å². The van der Waals surface area contributed by atoms with Gasteiger partial charge >= 0.3 is 0 Å². The van der Waals surface area contributed by atoms with Crippen LogP contribution in [0.5, 0.6) is 0 Å². The lowest BCUT2D eigenvalue weighted by Gasteiger charge is -2.05. The average Bonchev–Trinajstić information content (AvgIpc) is 2.15. The monoisotopic (exact) mass is 263 g/mol. The standard InChI is InChI=1S/C8H9BrO3S/c9-5-7-1-3-8(4-2-7)6-12-13(10)11/h1-4H,5-6H2,(H,10,11)/p-1. The van der Waals surface area contributed by atoms with E-state index >= 15 is 0 Å². The molecule has 0 aliphatic heterocycles. The first-order chi connectivity index (χ1) is 6.22. The molecule has 1 rings (SSSR count). The van der Waals surface area contributed by atoms with Crippen molar-refractivity contribution >= 4 is 27.3 Å². The van der Waals surface area contributed by atoms with E-state index in [1.165, 1.54) is 0 Å². The van der Waals surface area contributed by atoms with Crippen LogP contribution < -0.4 is 0 Å². The minimum absolute atomic E-state index is 0.0959. The molecule has 0 saturated heterocycles. The summed E-state index contributed by atoms with van der Waals surface area (Å²) in [6.07, 6.45) is 0. The molecule has 0 amide bonds. The molecule has 13 heavy (non-hydrogen) atoms. The number of alkyl halides is 1. The van der Waals surface area contributed by atoms with Crippen molar-refractivity contribution in [2.24, 2.45) is 0 Å². The average molecular weight is 264 g/mol. The first kappa shape index (κ1) is 10.8. The summed E-state index contributed by atoms with van der Waals surface area (Å²) in [7, 11) is 0. The van der Waals surface area contributed by atoms with E-state index in [9.17, 15) is 8.76 Å². The SMILES string of the molecule is O=S([O-])OCc1ccc(CBr)cc1. The third-order valence-corrected chi connectivity index (χ3v) is 2.46. The van der Waals surface area contributed by atoms with Crippen LogP contribution in [-0.4, -0.2) is 8.76 Å². The van der Waals surface area contributed by atoms with Gasteiger partial charge < -0.3 is 4.55 Å². The van der Waals surface area contributed by atoms with E-state index in [1.807, 2.05) is 24.3 Å². The molecule has 1 unspecified atom stereocenters. The molecule has 0 bridgehead atoms. The fourth-order valence-electron chi connectivity index (χ4n) is 0.841. The fraction of sp³-hybridized carbons (Fsp3) is 0.250. The van der Waals surface area contributed by atoms with Gasteiger partial charge in [0.25, 0.3) is 0 Å². The number of hydrogen-bond donors (Lipinski definition) is 0. The Hall–Kier alpha value is -0.230. The topological polar surface area (TPSA) is 49.4 Å². The summed E-state index contributed by atoms with van der Waals surface area (Å²) >= 11 is 0.882. The normalized spacial score (nSPS) is 12.8. The Kier molecular flexibility index (Phi) is 4.58. The van der Waals surface area contributed by atoms with E-state index in [0.29, 0.717) is 0 Å². The Morgan fingerprint density at radius 1 is 1.31 bits per heavy atom. The molecule has 0 heterocycles. The van der Waals surface area contributed by atoms with Gasteiger partial charge in [0.05, 0.1) is 18.0 Å². The van der Waals surface area contributed by atoms with E-state index in [4.69, 9.17) is 0 Å². The lowest BCUT2D eigenvalue weighted by atomic mass is 10.2. The molecule has 72 valence electrons. The Morgan fingerprint density at radius 3 is 2.31 bits per heavy atom. The second kappa shape index (κ2) is 5.49. The number of rotatable bonds is 4. The predicted octanol–water partition coefficient (Wildman–Crippen LogP) is 1.89. The quantitative estimate of drug-likeness (QED) is 0.616. The van der Waals surface area contributed by atoms with Gasteiger partial charge in [-0.3, -0.25) is 4.18 Å². The molecule has 0 N–H and O–H groups in total. The first-order valence-corrected chi connectivity index (χ1v) is 5.71. The summed E-state index contributed by atoms with van der Waals surface area (Å²) in [6, 6.07) is 7.51. The van der Waals surface area contributed by atoms with Gasteiger partial charge in [0.1, 0.15) is 0 Å². The van der Waals surface area contributed by atoms with Gasteiger partial charge in [0, 0.05) is 5.33 Å². The van der Waals surface area contributed by atoms with Crippen molar-refractivity contribution in [3.8, 4) is 0 Å². The van der Waals surface area contributed by atoms with Crippen molar-refractivity contribution in [1.82, 2.24) is 0 Å². The van der Waals surface area contributed by atoms with Crippen LogP contribution in [0, 0.1) is 0 Å². The van der Waals surface area contributed by atoms with Crippen LogP contribution in [0.2, 0.25) is 0 Å². The van der Waals surface area contributed by atoms with Crippen molar-refractivity contribution in [3.05, 3.63) is 35.4 Å². The molecule has 1 aromatic carbocycles. The number of halogens is 1. The summed E-state index contributed by atoms with van der Waals surface area (Å²) in [4.78, 5) is 0. The molecule has 0 radical (unpaired) electrons. The first-order valence-electron chi connectivity index (χ1n) is 3.58. The largest absolute Gasteiger partial charge is 0.750 e. The second-order valence-corrected chi connectivity index (χ2v) is 3.62. The van der Waals surface area contributed by atoms with Crippen LogP contribution in [0.3, 0.4) is 0 Å². The maximum Gasteiger partial charge on any atom is 0.0879 e. The van der Waals surface area contributed by atoms with Crippen molar-refractivity contribution in [2.75, 3.05) is 0 Å². The smallest absolute Gasteiger partial charge is 0.0879 e. The molecular formula is C8H8BrO3S-. The Bertz CT molecular complexity index is 286. The van der Waals surface area contributed by atoms with E-state index < -0.39 is 11.4 Å². The van der Waals surface area contributed by atoms with Crippen LogP contribution in [0.4, 0.5) is 0 Å². The summed E-state index contributed by atoms with van der Waals surface area (Å²) in [5.41, 5.74) is 1.99. The van der Waals surface area contributed by atoms with E-state index in [-0.39, 0.29) is 6.61 Å². The Labute approximate surface area is 87.7 Å². The highest BCUT2D eigenvalue weighted by Crippen LogP contribution is 2.08. The van der Waals surface area contributed by atoms with Gasteiger partial charge in [0.2, 0.25) is 0 Å². The highest BCUT2D eigenvalue weighted by Gasteiger charge is 1.93. The molecule has 1 atom stereocenters. The minimum atomic E-state index is -2.43. The van der Waals surface area contributed by atoms with Crippen LogP contribution >= 0.6 is 15.9 Å². The third-order valence-electron chi connectivity index (χ3n) is 1.50. The highest BCUT2D eigenvalue weighted by atomic mass is 79.9. The molecule has 5 heteroatoms. The summed E-state index contributed by atoms with van der Waals surface area (Å²) in [5.74, 6) is 0. The molecule has 0 fully saturated rings. The molecule has 0 aliphatic carbocycles. The predicted molar refractivity (Wildman–Crippen MR) is 52.8 cm³/mol. The molecule has 0 aromatic heterocycles. The van der Waals surface area contributed by atoms with E-state index in [1.54, 1.807) is 0 Å². The van der Waals surface area contributed by atoms with E-state index in [0.717, 1.165) is 16.5 Å². The lowest BCUT2D eigenvalue weighted by molar-refractivity contribution is 0.291. The zero-order valence-electron chi connectivity index (χ0n) is 6.73. The minimum Gasteiger partial charge on any atom is -0.750 e. The van der Waals surface area contributed by atoms with Gasteiger partial charge in [-0.15, -0.1) is 0 Å². The highest BCUT2D eigenvalue weighted by molar-refractivity contribution is 9.08. The van der Waals surface area contributed by atoms with E-state index in [2.05, 4.69) is 20.1 Å². The van der Waals surface area contributed by atoms with Crippen molar-refractivity contribution in [3.63, 3.8) is 0 Å². The zero-order chi connectivity index (χ0) is 9.68. The second-order valence-electron chi connectivity index (χ2n) is 2.42. The third kappa shape index (κ3) is 3.99. The maximum absolute atomic E-state index is 10.1. The molecule has 0 saturated carbocycles. The fourth-order valence-corrected chi connectivity index (χ4v) is 1.45. The zero-order valence-corrected chi connectivity index (χ0v) is 9.14. The van der Waals surface area contributed by atoms with Gasteiger partial charge in [0.15, 0.2) is 0 Å². The molecule has 0 aliphatic rings. The summed E-state index contributed by atoms with van der Waals surface area (Å²) < 4.78 is 24.5. The van der Waals surface area contributed by atoms with Gasteiger partial charge in [-0.2, -0.15) is 0 Å². The molecular weight excluding hydrogens is 256 g/mol. The van der Waals surface area contributed by atoms with Crippen molar-refractivity contribution in [2.45, 2.75) is 11.9 Å². The molecule has 0 spiro atoms. The van der Waals surface area contributed by atoms with Gasteiger partial charge in [-0.05, 0) is 11.1 Å². The van der Waals surface area contributed by atoms with Gasteiger partial charge in [-0.25, -0.2) is 4.21 Å². The van der Waals surface area contributed by atoms with Gasteiger partial charge in [-0.1, -0.05) is 40.2 Å². The summed E-state index contributed by atoms with van der Waals surface area (Å²) in [6.45, 7) is 0.0959. The van der Waals surface area contributed by atoms with Crippen LogP contribution in [0.1, 0.15) is 11.1 Å². The van der Waals surface area contributed by atoms with Crippen molar-refractivity contribution in [1.29, 1.82) is 0 Å². The summed E-state index contributed by atoms with van der Waals surface area (Å²) in [5, 5.41) is 0.793. The van der Waals surface area contributed by atoms with Crippen LogP contribution in [-0.2, 0) is 27.5 Å². The molecule has 1 aromatic rings. The Morgan fingerprint density at radius 2 is 1.85 bits per heavy atom.